The third kappa shape index (κ3) is 3.64. The molecule has 0 atom stereocenters. The number of ether oxygens (including phenoxy) is 2. The fourth-order valence-corrected chi connectivity index (χ4v) is 2.37. The molecule has 18 heavy (non-hydrogen) atoms. The molecule has 1 aliphatic carbocycles. The van der Waals surface area contributed by atoms with Crippen molar-refractivity contribution in [1.29, 1.82) is 0 Å². The minimum Gasteiger partial charge on any atom is -0.494 e. The first-order valence-corrected chi connectivity index (χ1v) is 6.80. The van der Waals surface area contributed by atoms with E-state index in [0.717, 1.165) is 37.2 Å². The Labute approximate surface area is 109 Å². The molecule has 0 bridgehead atoms. The minimum atomic E-state index is -0.628. The van der Waals surface area contributed by atoms with Gasteiger partial charge in [0.05, 0.1) is 12.2 Å². The predicted molar refractivity (Wildman–Crippen MR) is 71.1 cm³/mol. The van der Waals surface area contributed by atoms with Crippen molar-refractivity contribution in [3.05, 3.63) is 24.3 Å². The second kappa shape index (κ2) is 6.10. The predicted octanol–water partition coefficient (Wildman–Crippen LogP) is 3.16. The molecule has 1 aromatic rings. The average Bonchev–Trinajstić information content (AvgIpc) is 2.39. The summed E-state index contributed by atoms with van der Waals surface area (Å²) in [5.41, 5.74) is -0.628. The summed E-state index contributed by atoms with van der Waals surface area (Å²) < 4.78 is 11.0. The van der Waals surface area contributed by atoms with E-state index >= 15 is 0 Å². The maximum atomic E-state index is 10.3. The molecule has 0 saturated heterocycles. The van der Waals surface area contributed by atoms with E-state index in [2.05, 4.69) is 0 Å². The quantitative estimate of drug-likeness (QED) is 0.872. The van der Waals surface area contributed by atoms with Crippen LogP contribution in [0.25, 0.3) is 0 Å². The van der Waals surface area contributed by atoms with Crippen LogP contribution in [0.4, 0.5) is 0 Å². The summed E-state index contributed by atoms with van der Waals surface area (Å²) in [6.07, 6.45) is 5.13. The van der Waals surface area contributed by atoms with Gasteiger partial charge in [-0.3, -0.25) is 0 Å². The molecule has 0 spiro atoms. The standard InChI is InChI=1S/C15H22O3/c1-2-17-13-6-8-14(9-7-13)18-12-15(16)10-4-3-5-11-15/h6-9,16H,2-5,10-12H2,1H3. The highest BCUT2D eigenvalue weighted by molar-refractivity contribution is 5.31. The Morgan fingerprint density at radius 3 is 2.11 bits per heavy atom. The van der Waals surface area contributed by atoms with E-state index in [0.29, 0.717) is 13.2 Å². The molecule has 100 valence electrons. The van der Waals surface area contributed by atoms with Crippen LogP contribution in [0.2, 0.25) is 0 Å². The molecular formula is C15H22O3. The molecule has 0 amide bonds. The smallest absolute Gasteiger partial charge is 0.119 e. The van der Waals surface area contributed by atoms with Crippen molar-refractivity contribution in [2.24, 2.45) is 0 Å². The lowest BCUT2D eigenvalue weighted by Crippen LogP contribution is -2.37. The highest BCUT2D eigenvalue weighted by Crippen LogP contribution is 2.29. The first kappa shape index (κ1) is 13.2. The van der Waals surface area contributed by atoms with Gasteiger partial charge in [-0.05, 0) is 44.0 Å². The molecule has 0 radical (unpaired) electrons. The number of hydrogen-bond donors (Lipinski definition) is 1. The first-order chi connectivity index (χ1) is 8.72. The van der Waals surface area contributed by atoms with Crippen LogP contribution in [0, 0.1) is 0 Å². The zero-order valence-electron chi connectivity index (χ0n) is 11.0. The maximum absolute atomic E-state index is 10.3. The van der Waals surface area contributed by atoms with Crippen LogP contribution in [-0.4, -0.2) is 23.9 Å². The van der Waals surface area contributed by atoms with E-state index in [1.165, 1.54) is 6.42 Å². The van der Waals surface area contributed by atoms with Crippen molar-refractivity contribution >= 4 is 0 Å². The molecule has 0 unspecified atom stereocenters. The number of aliphatic hydroxyl groups is 1. The van der Waals surface area contributed by atoms with E-state index in [-0.39, 0.29) is 0 Å². The van der Waals surface area contributed by atoms with Gasteiger partial charge < -0.3 is 14.6 Å². The van der Waals surface area contributed by atoms with Crippen molar-refractivity contribution < 1.29 is 14.6 Å². The Kier molecular flexibility index (Phi) is 4.48. The molecule has 1 fully saturated rings. The van der Waals surface area contributed by atoms with E-state index in [9.17, 15) is 5.11 Å². The van der Waals surface area contributed by atoms with Crippen molar-refractivity contribution in [2.45, 2.75) is 44.6 Å². The van der Waals surface area contributed by atoms with Crippen molar-refractivity contribution in [1.82, 2.24) is 0 Å². The Morgan fingerprint density at radius 2 is 1.56 bits per heavy atom. The number of hydrogen-bond acceptors (Lipinski definition) is 3. The fourth-order valence-electron chi connectivity index (χ4n) is 2.37. The van der Waals surface area contributed by atoms with Gasteiger partial charge in [0.2, 0.25) is 0 Å². The maximum Gasteiger partial charge on any atom is 0.119 e. The minimum absolute atomic E-state index is 0.390. The van der Waals surface area contributed by atoms with Gasteiger partial charge in [0.1, 0.15) is 18.1 Å². The van der Waals surface area contributed by atoms with Gasteiger partial charge in [-0.25, -0.2) is 0 Å². The second-order valence-electron chi connectivity index (χ2n) is 4.98. The topological polar surface area (TPSA) is 38.7 Å². The van der Waals surface area contributed by atoms with Crippen molar-refractivity contribution in [3.8, 4) is 11.5 Å². The van der Waals surface area contributed by atoms with Gasteiger partial charge in [0.15, 0.2) is 0 Å². The summed E-state index contributed by atoms with van der Waals surface area (Å²) >= 11 is 0. The van der Waals surface area contributed by atoms with Crippen LogP contribution in [0.5, 0.6) is 11.5 Å². The molecule has 1 N–H and O–H groups in total. The lowest BCUT2D eigenvalue weighted by Gasteiger charge is -2.31. The summed E-state index contributed by atoms with van der Waals surface area (Å²) in [6.45, 7) is 3.02. The average molecular weight is 250 g/mol. The summed E-state index contributed by atoms with van der Waals surface area (Å²) in [5.74, 6) is 1.64. The highest BCUT2D eigenvalue weighted by atomic mass is 16.5. The van der Waals surface area contributed by atoms with Crippen LogP contribution in [-0.2, 0) is 0 Å². The lowest BCUT2D eigenvalue weighted by atomic mass is 9.85. The number of rotatable bonds is 5. The largest absolute Gasteiger partial charge is 0.494 e. The molecular weight excluding hydrogens is 228 g/mol. The van der Waals surface area contributed by atoms with Gasteiger partial charge in [-0.15, -0.1) is 0 Å². The second-order valence-corrected chi connectivity index (χ2v) is 4.98. The third-order valence-corrected chi connectivity index (χ3v) is 3.43. The monoisotopic (exact) mass is 250 g/mol. The van der Waals surface area contributed by atoms with Crippen LogP contribution in [0.3, 0.4) is 0 Å². The highest BCUT2D eigenvalue weighted by Gasteiger charge is 2.29. The Hall–Kier alpha value is -1.22. The Morgan fingerprint density at radius 1 is 1.00 bits per heavy atom. The summed E-state index contributed by atoms with van der Waals surface area (Å²) in [7, 11) is 0. The normalized spacial score (nSPS) is 18.3. The van der Waals surface area contributed by atoms with Crippen LogP contribution < -0.4 is 9.47 Å². The SMILES string of the molecule is CCOc1ccc(OCC2(O)CCCCC2)cc1. The Balaban J connectivity index is 1.85. The molecule has 1 aliphatic rings. The van der Waals surface area contributed by atoms with Crippen molar-refractivity contribution in [3.63, 3.8) is 0 Å². The first-order valence-electron chi connectivity index (χ1n) is 6.80. The van der Waals surface area contributed by atoms with E-state index in [4.69, 9.17) is 9.47 Å². The molecule has 0 aliphatic heterocycles. The lowest BCUT2D eigenvalue weighted by molar-refractivity contribution is -0.0339. The van der Waals surface area contributed by atoms with Gasteiger partial charge in [-0.1, -0.05) is 19.3 Å². The van der Waals surface area contributed by atoms with E-state index in [1.54, 1.807) is 0 Å². The van der Waals surface area contributed by atoms with Crippen molar-refractivity contribution in [2.75, 3.05) is 13.2 Å². The summed E-state index contributed by atoms with van der Waals surface area (Å²) in [6, 6.07) is 7.56. The van der Waals surface area contributed by atoms with E-state index < -0.39 is 5.60 Å². The number of benzene rings is 1. The summed E-state index contributed by atoms with van der Waals surface area (Å²) in [5, 5.41) is 10.3. The van der Waals surface area contributed by atoms with Crippen LogP contribution in [0.15, 0.2) is 24.3 Å². The molecule has 1 aromatic carbocycles. The molecule has 0 heterocycles. The van der Waals surface area contributed by atoms with E-state index in [1.807, 2.05) is 31.2 Å². The van der Waals surface area contributed by atoms with Gasteiger partial charge in [0.25, 0.3) is 0 Å². The van der Waals surface area contributed by atoms with Gasteiger partial charge in [0, 0.05) is 0 Å². The summed E-state index contributed by atoms with van der Waals surface area (Å²) in [4.78, 5) is 0. The van der Waals surface area contributed by atoms with Gasteiger partial charge in [-0.2, -0.15) is 0 Å². The molecule has 3 heteroatoms. The molecule has 2 rings (SSSR count). The fraction of sp³-hybridized carbons (Fsp3) is 0.600. The zero-order valence-corrected chi connectivity index (χ0v) is 11.0. The Bertz CT molecular complexity index is 353. The van der Waals surface area contributed by atoms with Gasteiger partial charge >= 0.3 is 0 Å². The molecule has 3 nitrogen and oxygen atoms in total. The van der Waals surface area contributed by atoms with Crippen LogP contribution in [0.1, 0.15) is 39.0 Å². The molecule has 0 aromatic heterocycles. The van der Waals surface area contributed by atoms with Crippen LogP contribution >= 0.6 is 0 Å². The zero-order chi connectivity index (χ0) is 12.8. The molecule has 1 saturated carbocycles. The third-order valence-electron chi connectivity index (χ3n) is 3.43.